The minimum atomic E-state index is 0.971. The van der Waals surface area contributed by atoms with Crippen LogP contribution in [-0.4, -0.2) is 0 Å². The van der Waals surface area contributed by atoms with E-state index >= 15 is 0 Å². The van der Waals surface area contributed by atoms with E-state index in [2.05, 4.69) is 95.4 Å². The van der Waals surface area contributed by atoms with Crippen molar-refractivity contribution >= 4 is 55.3 Å². The molecule has 5 rings (SSSR count). The van der Waals surface area contributed by atoms with Gasteiger partial charge in [-0.1, -0.05) is 66.7 Å². The van der Waals surface area contributed by atoms with Crippen molar-refractivity contribution in [1.82, 2.24) is 0 Å². The van der Waals surface area contributed by atoms with Crippen LogP contribution in [0, 0.1) is 3.57 Å². The van der Waals surface area contributed by atoms with Crippen LogP contribution in [0.15, 0.2) is 83.3 Å². The van der Waals surface area contributed by atoms with Crippen LogP contribution in [0.5, 0.6) is 0 Å². The third kappa shape index (κ3) is 1.99. The van der Waals surface area contributed by atoms with E-state index in [9.17, 15) is 0 Å². The second-order valence-electron chi connectivity index (χ2n) is 5.93. The monoisotopic (exact) mass is 420 g/mol. The van der Waals surface area contributed by atoms with E-state index in [1.54, 1.807) is 0 Å². The lowest BCUT2D eigenvalue weighted by Gasteiger charge is -2.08. The summed E-state index contributed by atoms with van der Waals surface area (Å²) >= 11 is 2.35. The van der Waals surface area contributed by atoms with Crippen molar-refractivity contribution in [2.45, 2.75) is 0 Å². The van der Waals surface area contributed by atoms with Crippen LogP contribution in [-0.2, 0) is 0 Å². The molecule has 0 radical (unpaired) electrons. The highest BCUT2D eigenvalue weighted by atomic mass is 127. The van der Waals surface area contributed by atoms with Crippen LogP contribution in [0.4, 0.5) is 0 Å². The van der Waals surface area contributed by atoms with Gasteiger partial charge in [0.1, 0.15) is 11.2 Å². The molecule has 0 saturated heterocycles. The average Bonchev–Trinajstić information content (AvgIpc) is 3.00. The lowest BCUT2D eigenvalue weighted by Crippen LogP contribution is -1.82. The Hall–Kier alpha value is -2.33. The Balaban J connectivity index is 2.07. The summed E-state index contributed by atoms with van der Waals surface area (Å²) in [5.74, 6) is 0. The summed E-state index contributed by atoms with van der Waals surface area (Å²) in [5.41, 5.74) is 4.31. The zero-order chi connectivity index (χ0) is 16.1. The second kappa shape index (κ2) is 5.35. The molecule has 2 heteroatoms. The third-order valence-corrected chi connectivity index (χ3v) is 5.37. The fourth-order valence-corrected chi connectivity index (χ4v) is 4.06. The summed E-state index contributed by atoms with van der Waals surface area (Å²) in [6.45, 7) is 0. The Morgan fingerprint density at radius 2 is 1.38 bits per heavy atom. The minimum Gasteiger partial charge on any atom is -0.454 e. The fourth-order valence-electron chi connectivity index (χ4n) is 3.45. The molecular weight excluding hydrogens is 407 g/mol. The summed E-state index contributed by atoms with van der Waals surface area (Å²) in [4.78, 5) is 0. The number of rotatable bonds is 1. The maximum atomic E-state index is 6.37. The third-order valence-electron chi connectivity index (χ3n) is 4.53. The normalized spacial score (nSPS) is 11.5. The van der Waals surface area contributed by atoms with E-state index in [1.165, 1.54) is 32.7 Å². The zero-order valence-electron chi connectivity index (χ0n) is 12.8. The Kier molecular flexibility index (Phi) is 3.13. The highest BCUT2D eigenvalue weighted by Gasteiger charge is 2.16. The molecule has 1 aromatic heterocycles. The van der Waals surface area contributed by atoms with Gasteiger partial charge in [-0.15, -0.1) is 0 Å². The summed E-state index contributed by atoms with van der Waals surface area (Å²) in [7, 11) is 0. The molecule has 0 saturated carbocycles. The molecule has 0 bridgehead atoms. The van der Waals surface area contributed by atoms with Crippen LogP contribution < -0.4 is 0 Å². The highest BCUT2D eigenvalue weighted by Crippen LogP contribution is 2.41. The molecule has 0 aliphatic rings. The van der Waals surface area contributed by atoms with Gasteiger partial charge in [0.25, 0.3) is 0 Å². The first kappa shape index (κ1) is 14.1. The van der Waals surface area contributed by atoms with E-state index in [-0.39, 0.29) is 0 Å². The molecule has 4 aromatic carbocycles. The predicted octanol–water partition coefficient (Wildman–Crippen LogP) is 7.01. The Bertz CT molecular complexity index is 1200. The first-order chi connectivity index (χ1) is 11.8. The van der Waals surface area contributed by atoms with Gasteiger partial charge in [0.15, 0.2) is 0 Å². The van der Waals surface area contributed by atoms with Gasteiger partial charge >= 0.3 is 0 Å². The van der Waals surface area contributed by atoms with Crippen LogP contribution in [0.2, 0.25) is 0 Å². The lowest BCUT2D eigenvalue weighted by molar-refractivity contribution is 0.668. The number of furan rings is 1. The molecule has 0 fully saturated rings. The lowest BCUT2D eigenvalue weighted by atomic mass is 9.95. The molecule has 0 aliphatic heterocycles. The van der Waals surface area contributed by atoms with Gasteiger partial charge < -0.3 is 4.42 Å². The van der Waals surface area contributed by atoms with E-state index in [0.29, 0.717) is 0 Å². The molecule has 1 heterocycles. The summed E-state index contributed by atoms with van der Waals surface area (Å²) < 4.78 is 7.51. The van der Waals surface area contributed by atoms with Crippen molar-refractivity contribution in [1.29, 1.82) is 0 Å². The Morgan fingerprint density at radius 1 is 0.625 bits per heavy atom. The second-order valence-corrected chi connectivity index (χ2v) is 7.10. The molecule has 0 spiro atoms. The minimum absolute atomic E-state index is 0.971. The number of fused-ring (bicyclic) bond motifs is 4. The Labute approximate surface area is 153 Å². The van der Waals surface area contributed by atoms with Gasteiger partial charge in [-0.25, -0.2) is 0 Å². The SMILES string of the molecule is Ic1cccc2c1oc1c(-c3ccccc3)c3ccccc3cc12. The highest BCUT2D eigenvalue weighted by molar-refractivity contribution is 14.1. The van der Waals surface area contributed by atoms with Gasteiger partial charge in [0, 0.05) is 16.3 Å². The van der Waals surface area contributed by atoms with Crippen LogP contribution in [0.25, 0.3) is 43.8 Å². The van der Waals surface area contributed by atoms with Crippen molar-refractivity contribution in [3.8, 4) is 11.1 Å². The molecule has 24 heavy (non-hydrogen) atoms. The van der Waals surface area contributed by atoms with Gasteiger partial charge in [-0.05, 0) is 51.1 Å². The molecule has 0 N–H and O–H groups in total. The smallest absolute Gasteiger partial charge is 0.148 e. The van der Waals surface area contributed by atoms with Crippen molar-refractivity contribution in [2.75, 3.05) is 0 Å². The molecule has 5 aromatic rings. The van der Waals surface area contributed by atoms with Crippen molar-refractivity contribution in [2.24, 2.45) is 0 Å². The van der Waals surface area contributed by atoms with E-state index in [4.69, 9.17) is 4.42 Å². The molecule has 0 aliphatic carbocycles. The van der Waals surface area contributed by atoms with Crippen LogP contribution in [0.1, 0.15) is 0 Å². The molecule has 1 nitrogen and oxygen atoms in total. The maximum Gasteiger partial charge on any atom is 0.148 e. The predicted molar refractivity (Wildman–Crippen MR) is 109 cm³/mol. The first-order valence-corrected chi connectivity index (χ1v) is 8.99. The summed E-state index contributed by atoms with van der Waals surface area (Å²) in [6, 6.07) is 27.6. The number of para-hydroxylation sites is 1. The van der Waals surface area contributed by atoms with Crippen molar-refractivity contribution in [3.05, 3.63) is 82.4 Å². The summed E-state index contributed by atoms with van der Waals surface area (Å²) in [5, 5.41) is 4.83. The topological polar surface area (TPSA) is 13.1 Å². The maximum absolute atomic E-state index is 6.37. The largest absolute Gasteiger partial charge is 0.454 e. The number of hydrogen-bond donors (Lipinski definition) is 0. The average molecular weight is 420 g/mol. The van der Waals surface area contributed by atoms with Crippen LogP contribution >= 0.6 is 22.6 Å². The summed E-state index contributed by atoms with van der Waals surface area (Å²) in [6.07, 6.45) is 0. The first-order valence-electron chi connectivity index (χ1n) is 7.91. The molecule has 0 atom stereocenters. The zero-order valence-corrected chi connectivity index (χ0v) is 14.9. The van der Waals surface area contributed by atoms with Gasteiger partial charge in [-0.3, -0.25) is 0 Å². The molecular formula is C22H13IO. The Morgan fingerprint density at radius 3 is 2.25 bits per heavy atom. The van der Waals surface area contributed by atoms with Gasteiger partial charge in [0.05, 0.1) is 3.57 Å². The quantitative estimate of drug-likeness (QED) is 0.266. The molecule has 0 amide bonds. The van der Waals surface area contributed by atoms with Gasteiger partial charge in [0.2, 0.25) is 0 Å². The van der Waals surface area contributed by atoms with E-state index in [0.717, 1.165) is 14.7 Å². The standard InChI is InChI=1S/C22H13IO/c23-19-12-6-11-17-18-13-15-9-4-5-10-16(15)20(22(18)24-21(17)19)14-7-2-1-3-8-14/h1-13H. The molecule has 114 valence electrons. The number of benzene rings is 4. The number of halogens is 1. The van der Waals surface area contributed by atoms with Crippen molar-refractivity contribution < 1.29 is 4.42 Å². The van der Waals surface area contributed by atoms with Crippen molar-refractivity contribution in [3.63, 3.8) is 0 Å². The van der Waals surface area contributed by atoms with E-state index in [1.807, 2.05) is 6.07 Å². The van der Waals surface area contributed by atoms with Gasteiger partial charge in [-0.2, -0.15) is 0 Å². The number of hydrogen-bond acceptors (Lipinski definition) is 1. The fraction of sp³-hybridized carbons (Fsp3) is 0. The van der Waals surface area contributed by atoms with E-state index < -0.39 is 0 Å². The molecule has 0 unspecified atom stereocenters. The van der Waals surface area contributed by atoms with Crippen LogP contribution in [0.3, 0.4) is 0 Å².